The number of carbonyl (C=O) groups excluding carboxylic acids is 3. The summed E-state index contributed by atoms with van der Waals surface area (Å²) in [6.45, 7) is -0.984. The fraction of sp³-hybridized carbons (Fsp3) is 0.263. The fourth-order valence-corrected chi connectivity index (χ4v) is 2.28. The number of nitrogens with one attached hydrogen (secondary N) is 2. The molecule has 2 amide bonds. The monoisotopic (exact) mass is 421 g/mol. The molecule has 2 aromatic rings. The molecule has 0 fully saturated rings. The van der Waals surface area contributed by atoms with Gasteiger partial charge >= 0.3 is 12.6 Å². The molecule has 0 saturated carbocycles. The zero-order valence-corrected chi connectivity index (χ0v) is 16.0. The molecule has 0 radical (unpaired) electrons. The van der Waals surface area contributed by atoms with E-state index in [1.807, 2.05) is 6.07 Å². The zero-order valence-electron chi connectivity index (χ0n) is 16.0. The summed E-state index contributed by atoms with van der Waals surface area (Å²) in [6.07, 6.45) is 0. The van der Waals surface area contributed by atoms with Crippen LogP contribution in [0.1, 0.15) is 27.2 Å². The molecule has 0 unspecified atom stereocenters. The maximum atomic E-state index is 12.2. The van der Waals surface area contributed by atoms with Gasteiger partial charge in [-0.15, -0.1) is 0 Å². The lowest BCUT2D eigenvalue weighted by Gasteiger charge is -2.08. The number of furan rings is 1. The summed E-state index contributed by atoms with van der Waals surface area (Å²) < 4.78 is 38.6. The molecular formula is C19H17F2N3O6. The van der Waals surface area contributed by atoms with Gasteiger partial charge < -0.3 is 19.2 Å². The van der Waals surface area contributed by atoms with Gasteiger partial charge in [0.1, 0.15) is 29.7 Å². The lowest BCUT2D eigenvalue weighted by Crippen LogP contribution is -2.32. The van der Waals surface area contributed by atoms with E-state index in [0.29, 0.717) is 11.3 Å². The number of nitrogens with zero attached hydrogens (tertiary/aromatic N) is 1. The molecule has 0 atom stereocenters. The van der Waals surface area contributed by atoms with Crippen LogP contribution in [0.3, 0.4) is 0 Å². The minimum Gasteiger partial charge on any atom is -0.454 e. The number of ether oxygens (including phenoxy) is 2. The molecule has 1 heterocycles. The van der Waals surface area contributed by atoms with Crippen molar-refractivity contribution in [3.05, 3.63) is 46.7 Å². The number of carbonyl (C=O) groups is 3. The van der Waals surface area contributed by atoms with Crippen LogP contribution in [-0.4, -0.2) is 37.5 Å². The molecule has 2 N–H and O–H groups in total. The standard InChI is InChI=1S/C19H17F2N3O6/c1-10-11(2)29-18(14(10)7-22)24-15(25)9-28-16(26)8-23-17(27)12-4-3-5-13(6-12)30-19(20)21/h3-6,19H,8-9H2,1-2H3,(H,23,27)(H,24,25). The van der Waals surface area contributed by atoms with E-state index in [2.05, 4.69) is 15.4 Å². The summed E-state index contributed by atoms with van der Waals surface area (Å²) in [5.41, 5.74) is 0.735. The number of alkyl halides is 2. The third-order valence-electron chi connectivity index (χ3n) is 3.83. The van der Waals surface area contributed by atoms with Crippen molar-refractivity contribution < 1.29 is 37.1 Å². The van der Waals surface area contributed by atoms with E-state index >= 15 is 0 Å². The van der Waals surface area contributed by atoms with Gasteiger partial charge in [-0.1, -0.05) is 6.07 Å². The molecule has 1 aromatic carbocycles. The number of amides is 2. The topological polar surface area (TPSA) is 131 Å². The Kier molecular flexibility index (Phi) is 7.46. The highest BCUT2D eigenvalue weighted by Crippen LogP contribution is 2.25. The Morgan fingerprint density at radius 3 is 2.67 bits per heavy atom. The number of benzene rings is 1. The number of anilines is 1. The van der Waals surface area contributed by atoms with E-state index in [1.165, 1.54) is 18.2 Å². The van der Waals surface area contributed by atoms with Crippen molar-refractivity contribution in [2.75, 3.05) is 18.5 Å². The third kappa shape index (κ3) is 6.03. The van der Waals surface area contributed by atoms with Gasteiger partial charge in [-0.05, 0) is 32.0 Å². The summed E-state index contributed by atoms with van der Waals surface area (Å²) >= 11 is 0. The quantitative estimate of drug-likeness (QED) is 0.625. The summed E-state index contributed by atoms with van der Waals surface area (Å²) in [5.74, 6) is -2.17. The SMILES string of the molecule is Cc1oc(NC(=O)COC(=O)CNC(=O)c2cccc(OC(F)F)c2)c(C#N)c1C. The minimum absolute atomic E-state index is 0.00807. The Bertz CT molecular complexity index is 997. The highest BCUT2D eigenvalue weighted by Gasteiger charge is 2.18. The van der Waals surface area contributed by atoms with Gasteiger partial charge in [-0.3, -0.25) is 19.7 Å². The van der Waals surface area contributed by atoms with Crippen LogP contribution in [0, 0.1) is 25.2 Å². The van der Waals surface area contributed by atoms with Gasteiger partial charge in [0.15, 0.2) is 6.61 Å². The Hall–Kier alpha value is -3.94. The Morgan fingerprint density at radius 1 is 1.27 bits per heavy atom. The van der Waals surface area contributed by atoms with Gasteiger partial charge in [0.2, 0.25) is 5.88 Å². The van der Waals surface area contributed by atoms with Crippen molar-refractivity contribution in [3.8, 4) is 11.8 Å². The number of nitriles is 1. The molecule has 0 aliphatic rings. The smallest absolute Gasteiger partial charge is 0.387 e. The van der Waals surface area contributed by atoms with Crippen LogP contribution in [0.5, 0.6) is 5.75 Å². The number of hydrogen-bond donors (Lipinski definition) is 2. The molecule has 0 bridgehead atoms. The maximum Gasteiger partial charge on any atom is 0.387 e. The second-order valence-corrected chi connectivity index (χ2v) is 5.90. The molecule has 158 valence electrons. The van der Waals surface area contributed by atoms with E-state index in [9.17, 15) is 23.2 Å². The summed E-state index contributed by atoms with van der Waals surface area (Å²) in [5, 5.41) is 13.6. The Labute approximate surface area is 169 Å². The molecule has 0 aliphatic carbocycles. The third-order valence-corrected chi connectivity index (χ3v) is 3.83. The largest absolute Gasteiger partial charge is 0.454 e. The maximum absolute atomic E-state index is 12.2. The number of halogens is 2. The van der Waals surface area contributed by atoms with Gasteiger partial charge in [0, 0.05) is 11.1 Å². The highest BCUT2D eigenvalue weighted by atomic mass is 19.3. The normalized spacial score (nSPS) is 10.3. The van der Waals surface area contributed by atoms with Crippen molar-refractivity contribution in [2.24, 2.45) is 0 Å². The molecule has 9 nitrogen and oxygen atoms in total. The number of aryl methyl sites for hydroxylation is 1. The first-order chi connectivity index (χ1) is 14.2. The van der Waals surface area contributed by atoms with Crippen molar-refractivity contribution in [1.82, 2.24) is 5.32 Å². The van der Waals surface area contributed by atoms with Gasteiger partial charge in [-0.25, -0.2) is 0 Å². The lowest BCUT2D eigenvalue weighted by molar-refractivity contribution is -0.146. The Morgan fingerprint density at radius 2 is 2.00 bits per heavy atom. The van der Waals surface area contributed by atoms with Crippen molar-refractivity contribution in [1.29, 1.82) is 5.26 Å². The van der Waals surface area contributed by atoms with E-state index < -0.39 is 37.5 Å². The van der Waals surface area contributed by atoms with Crippen LogP contribution in [0.2, 0.25) is 0 Å². The van der Waals surface area contributed by atoms with Crippen molar-refractivity contribution in [2.45, 2.75) is 20.5 Å². The predicted molar refractivity (Wildman–Crippen MR) is 97.9 cm³/mol. The van der Waals surface area contributed by atoms with Gasteiger partial charge in [0.05, 0.1) is 0 Å². The Balaban J connectivity index is 1.81. The first kappa shape index (κ1) is 22.4. The molecule has 30 heavy (non-hydrogen) atoms. The summed E-state index contributed by atoms with van der Waals surface area (Å²) in [7, 11) is 0. The predicted octanol–water partition coefficient (Wildman–Crippen LogP) is 2.28. The highest BCUT2D eigenvalue weighted by molar-refractivity contribution is 5.97. The molecule has 1 aromatic heterocycles. The van der Waals surface area contributed by atoms with Crippen LogP contribution in [0.15, 0.2) is 28.7 Å². The van der Waals surface area contributed by atoms with E-state index in [1.54, 1.807) is 13.8 Å². The average Bonchev–Trinajstić information content (AvgIpc) is 2.96. The second kappa shape index (κ2) is 10.0. The zero-order chi connectivity index (χ0) is 22.3. The van der Waals surface area contributed by atoms with Gasteiger partial charge in [-0.2, -0.15) is 14.0 Å². The van der Waals surface area contributed by atoms with E-state index in [0.717, 1.165) is 6.07 Å². The lowest BCUT2D eigenvalue weighted by atomic mass is 10.2. The average molecular weight is 421 g/mol. The van der Waals surface area contributed by atoms with Crippen molar-refractivity contribution in [3.63, 3.8) is 0 Å². The number of rotatable bonds is 8. The molecule has 2 rings (SSSR count). The van der Waals surface area contributed by atoms with Crippen LogP contribution >= 0.6 is 0 Å². The molecule has 0 aliphatic heterocycles. The molecular weight excluding hydrogens is 404 g/mol. The molecule has 0 spiro atoms. The van der Waals surface area contributed by atoms with Crippen molar-refractivity contribution >= 4 is 23.7 Å². The fourth-order valence-electron chi connectivity index (χ4n) is 2.28. The van der Waals surface area contributed by atoms with Crippen LogP contribution in [0.4, 0.5) is 14.7 Å². The second-order valence-electron chi connectivity index (χ2n) is 5.90. The molecule has 0 saturated heterocycles. The minimum atomic E-state index is -3.04. The first-order valence-corrected chi connectivity index (χ1v) is 8.50. The van der Waals surface area contributed by atoms with Crippen LogP contribution in [-0.2, 0) is 14.3 Å². The summed E-state index contributed by atoms with van der Waals surface area (Å²) in [6, 6.07) is 6.91. The van der Waals surface area contributed by atoms with E-state index in [-0.39, 0.29) is 22.8 Å². The van der Waals surface area contributed by atoms with Crippen LogP contribution < -0.4 is 15.4 Å². The van der Waals surface area contributed by atoms with E-state index in [4.69, 9.17) is 14.4 Å². The number of hydrogen-bond acceptors (Lipinski definition) is 7. The first-order valence-electron chi connectivity index (χ1n) is 8.50. The molecule has 11 heteroatoms. The summed E-state index contributed by atoms with van der Waals surface area (Å²) in [4.78, 5) is 35.6. The van der Waals surface area contributed by atoms with Gasteiger partial charge in [0.25, 0.3) is 11.8 Å². The number of esters is 1. The van der Waals surface area contributed by atoms with Crippen LogP contribution in [0.25, 0.3) is 0 Å².